The fourth-order valence-electron chi connectivity index (χ4n) is 1.60. The summed E-state index contributed by atoms with van der Waals surface area (Å²) in [5, 5.41) is 8.86. The highest BCUT2D eigenvalue weighted by molar-refractivity contribution is 5.79. The Morgan fingerprint density at radius 1 is 1.53 bits per heavy atom. The van der Waals surface area contributed by atoms with Crippen molar-refractivity contribution >= 4 is 5.91 Å². The molecule has 17 heavy (non-hydrogen) atoms. The van der Waals surface area contributed by atoms with Crippen LogP contribution in [-0.4, -0.2) is 46.9 Å². The van der Waals surface area contributed by atoms with Crippen LogP contribution in [0.5, 0.6) is 0 Å². The molecule has 1 rings (SSSR count). The first-order chi connectivity index (χ1) is 8.08. The molecule has 1 aromatic rings. The number of aryl methyl sites for hydroxylation is 1. The van der Waals surface area contributed by atoms with Crippen LogP contribution in [0.2, 0.25) is 0 Å². The van der Waals surface area contributed by atoms with Gasteiger partial charge in [0.25, 0.3) is 11.5 Å². The van der Waals surface area contributed by atoms with Crippen LogP contribution in [0.15, 0.2) is 15.4 Å². The Morgan fingerprint density at radius 3 is 2.71 bits per heavy atom. The molecule has 0 amide bonds. The van der Waals surface area contributed by atoms with E-state index in [0.717, 1.165) is 11.2 Å². The van der Waals surface area contributed by atoms with Crippen molar-refractivity contribution in [2.24, 2.45) is 0 Å². The predicted molar refractivity (Wildman–Crippen MR) is 62.1 cm³/mol. The fraction of sp³-hybridized carbons (Fsp3) is 0.636. The van der Waals surface area contributed by atoms with Gasteiger partial charge in [0.05, 0.1) is 13.2 Å². The van der Waals surface area contributed by atoms with Gasteiger partial charge in [-0.25, -0.2) is 0 Å². The molecule has 0 aliphatic rings. The molecule has 96 valence electrons. The SMILES string of the molecule is CCCN(CCO)CC(=O)n1oc(C)cc1=O. The zero-order valence-electron chi connectivity index (χ0n) is 10.2. The first-order valence-corrected chi connectivity index (χ1v) is 5.65. The van der Waals surface area contributed by atoms with Gasteiger partial charge >= 0.3 is 0 Å². The molecule has 1 heterocycles. The molecule has 1 N–H and O–H groups in total. The van der Waals surface area contributed by atoms with Crippen molar-refractivity contribution in [2.45, 2.75) is 20.3 Å². The monoisotopic (exact) mass is 242 g/mol. The van der Waals surface area contributed by atoms with Gasteiger partial charge in [-0.15, -0.1) is 4.74 Å². The first-order valence-electron chi connectivity index (χ1n) is 5.65. The maximum Gasteiger partial charge on any atom is 0.290 e. The van der Waals surface area contributed by atoms with E-state index in [9.17, 15) is 9.59 Å². The molecule has 0 atom stereocenters. The van der Waals surface area contributed by atoms with Gasteiger partial charge in [0.1, 0.15) is 5.76 Å². The normalized spacial score (nSPS) is 11.1. The first kappa shape index (κ1) is 13.7. The third-order valence-corrected chi connectivity index (χ3v) is 2.30. The quantitative estimate of drug-likeness (QED) is 0.765. The number of hydrogen-bond acceptors (Lipinski definition) is 5. The summed E-state index contributed by atoms with van der Waals surface area (Å²) in [5.74, 6) is -0.00227. The van der Waals surface area contributed by atoms with Crippen molar-refractivity contribution in [3.05, 3.63) is 22.2 Å². The zero-order chi connectivity index (χ0) is 12.8. The third kappa shape index (κ3) is 3.83. The lowest BCUT2D eigenvalue weighted by Crippen LogP contribution is -2.37. The smallest absolute Gasteiger partial charge is 0.290 e. The van der Waals surface area contributed by atoms with Crippen molar-refractivity contribution in [3.8, 4) is 0 Å². The summed E-state index contributed by atoms with van der Waals surface area (Å²) in [6.45, 7) is 4.76. The number of hydrogen-bond donors (Lipinski definition) is 1. The Hall–Kier alpha value is -1.40. The van der Waals surface area contributed by atoms with Crippen LogP contribution in [0.4, 0.5) is 0 Å². The Balaban J connectivity index is 2.70. The second-order valence-electron chi connectivity index (χ2n) is 3.87. The summed E-state index contributed by atoms with van der Waals surface area (Å²) in [4.78, 5) is 24.9. The number of aromatic nitrogens is 1. The highest BCUT2D eigenvalue weighted by Crippen LogP contribution is 1.96. The van der Waals surface area contributed by atoms with E-state index >= 15 is 0 Å². The molecule has 1 aromatic heterocycles. The van der Waals surface area contributed by atoms with Crippen LogP contribution in [0.3, 0.4) is 0 Å². The molecule has 0 saturated carbocycles. The van der Waals surface area contributed by atoms with Crippen LogP contribution >= 0.6 is 0 Å². The average Bonchev–Trinajstić information content (AvgIpc) is 2.58. The van der Waals surface area contributed by atoms with Gasteiger partial charge in [0, 0.05) is 12.6 Å². The van der Waals surface area contributed by atoms with Gasteiger partial charge in [-0.2, -0.15) is 0 Å². The molecule has 0 spiro atoms. The van der Waals surface area contributed by atoms with Gasteiger partial charge < -0.3 is 9.63 Å². The molecule has 0 bridgehead atoms. The Kier molecular flexibility index (Phi) is 5.11. The van der Waals surface area contributed by atoms with E-state index in [0.29, 0.717) is 18.8 Å². The summed E-state index contributed by atoms with van der Waals surface area (Å²) in [7, 11) is 0. The molecule has 0 fully saturated rings. The largest absolute Gasteiger partial charge is 0.395 e. The van der Waals surface area contributed by atoms with Gasteiger partial charge in [-0.1, -0.05) is 6.92 Å². The van der Waals surface area contributed by atoms with Crippen LogP contribution in [0, 0.1) is 6.92 Å². The highest BCUT2D eigenvalue weighted by atomic mass is 16.5. The molecule has 0 radical (unpaired) electrons. The summed E-state index contributed by atoms with van der Waals surface area (Å²) in [6.07, 6.45) is 0.874. The predicted octanol–water partition coefficient (Wildman–Crippen LogP) is 0.0942. The Bertz CT molecular complexity index is 415. The van der Waals surface area contributed by atoms with E-state index in [2.05, 4.69) is 0 Å². The maximum absolute atomic E-state index is 11.8. The number of rotatable bonds is 6. The van der Waals surface area contributed by atoms with Gasteiger partial charge in [-0.3, -0.25) is 14.5 Å². The molecule has 6 heteroatoms. The van der Waals surface area contributed by atoms with Gasteiger partial charge in [0.2, 0.25) is 0 Å². The minimum atomic E-state index is -0.451. The zero-order valence-corrected chi connectivity index (χ0v) is 10.2. The summed E-state index contributed by atoms with van der Waals surface area (Å²) in [6, 6.07) is 1.27. The lowest BCUT2D eigenvalue weighted by Gasteiger charge is -2.18. The standard InChI is InChI=1S/C11H18N2O4/c1-3-4-12(5-6-14)8-11(16)13-10(15)7-9(2)17-13/h7,14H,3-6,8H2,1-2H3. The van der Waals surface area contributed by atoms with Crippen molar-refractivity contribution in [3.63, 3.8) is 0 Å². The third-order valence-electron chi connectivity index (χ3n) is 2.30. The molecule has 6 nitrogen and oxygen atoms in total. The summed E-state index contributed by atoms with van der Waals surface area (Å²) < 4.78 is 5.76. The minimum absolute atomic E-state index is 0.0145. The molecule has 0 aliphatic heterocycles. The number of nitrogens with zero attached hydrogens (tertiary/aromatic N) is 2. The van der Waals surface area contributed by atoms with Crippen molar-refractivity contribution < 1.29 is 14.4 Å². The van der Waals surface area contributed by atoms with E-state index in [1.54, 1.807) is 11.8 Å². The lowest BCUT2D eigenvalue weighted by atomic mass is 10.4. The summed E-state index contributed by atoms with van der Waals surface area (Å²) >= 11 is 0. The van der Waals surface area contributed by atoms with E-state index in [-0.39, 0.29) is 13.2 Å². The average molecular weight is 242 g/mol. The number of carbonyl (C=O) groups excluding carboxylic acids is 1. The number of carbonyl (C=O) groups is 1. The van der Waals surface area contributed by atoms with Crippen LogP contribution in [0.25, 0.3) is 0 Å². The van der Waals surface area contributed by atoms with E-state index < -0.39 is 11.5 Å². The van der Waals surface area contributed by atoms with Crippen LogP contribution in [0.1, 0.15) is 23.9 Å². The van der Waals surface area contributed by atoms with Crippen molar-refractivity contribution in [1.82, 2.24) is 9.64 Å². The Morgan fingerprint density at radius 2 is 2.24 bits per heavy atom. The molecule has 0 aromatic carbocycles. The lowest BCUT2D eigenvalue weighted by molar-refractivity contribution is 0.0701. The van der Waals surface area contributed by atoms with E-state index in [4.69, 9.17) is 9.63 Å². The molecular formula is C11H18N2O4. The summed E-state index contributed by atoms with van der Waals surface area (Å²) in [5.41, 5.74) is -0.451. The van der Waals surface area contributed by atoms with Gasteiger partial charge in [-0.05, 0) is 19.9 Å². The van der Waals surface area contributed by atoms with E-state index in [1.165, 1.54) is 6.07 Å². The van der Waals surface area contributed by atoms with Crippen molar-refractivity contribution in [2.75, 3.05) is 26.2 Å². The Labute approximate surface area is 99.4 Å². The molecule has 0 aliphatic carbocycles. The van der Waals surface area contributed by atoms with Crippen LogP contribution in [-0.2, 0) is 0 Å². The number of aliphatic hydroxyl groups excluding tert-OH is 1. The van der Waals surface area contributed by atoms with Crippen LogP contribution < -0.4 is 5.56 Å². The molecular weight excluding hydrogens is 224 g/mol. The van der Waals surface area contributed by atoms with E-state index in [1.807, 2.05) is 6.92 Å². The minimum Gasteiger partial charge on any atom is -0.395 e. The second kappa shape index (κ2) is 6.36. The molecule has 0 saturated heterocycles. The highest BCUT2D eigenvalue weighted by Gasteiger charge is 2.15. The van der Waals surface area contributed by atoms with Crippen molar-refractivity contribution in [1.29, 1.82) is 0 Å². The topological polar surface area (TPSA) is 75.7 Å². The fourth-order valence-corrected chi connectivity index (χ4v) is 1.60. The van der Waals surface area contributed by atoms with Gasteiger partial charge in [0.15, 0.2) is 0 Å². The number of aliphatic hydroxyl groups is 1. The maximum atomic E-state index is 11.8. The molecule has 0 unspecified atom stereocenters. The second-order valence-corrected chi connectivity index (χ2v) is 3.87.